The summed E-state index contributed by atoms with van der Waals surface area (Å²) in [7, 11) is 0. The van der Waals surface area contributed by atoms with Crippen LogP contribution in [0.2, 0.25) is 0 Å². The molecule has 0 bridgehead atoms. The monoisotopic (exact) mass is 180 g/mol. The molecule has 0 nitrogen and oxygen atoms in total. The van der Waals surface area contributed by atoms with Crippen LogP contribution < -0.4 is 0 Å². The Hall–Kier alpha value is -0.260. The minimum absolute atomic E-state index is 0.999. The molecule has 0 spiro atoms. The highest BCUT2D eigenvalue weighted by molar-refractivity contribution is 4.97. The van der Waals surface area contributed by atoms with E-state index in [1.165, 1.54) is 38.5 Å². The second-order valence-electron chi connectivity index (χ2n) is 4.63. The maximum Gasteiger partial charge on any atom is -0.0295 e. The van der Waals surface area contributed by atoms with Gasteiger partial charge in [0, 0.05) is 0 Å². The second-order valence-corrected chi connectivity index (χ2v) is 4.63. The molecule has 0 saturated heterocycles. The van der Waals surface area contributed by atoms with Gasteiger partial charge in [0.2, 0.25) is 0 Å². The van der Waals surface area contributed by atoms with Gasteiger partial charge in [-0.2, -0.15) is 0 Å². The number of hydrogen-bond acceptors (Lipinski definition) is 0. The zero-order chi connectivity index (χ0) is 9.68. The van der Waals surface area contributed by atoms with Gasteiger partial charge in [-0.1, -0.05) is 37.8 Å². The topological polar surface area (TPSA) is 0 Å². The zero-order valence-electron chi connectivity index (χ0n) is 9.47. The molecule has 1 aliphatic carbocycles. The van der Waals surface area contributed by atoms with Crippen LogP contribution in [0.5, 0.6) is 0 Å². The fourth-order valence-electron chi connectivity index (χ4n) is 2.42. The van der Waals surface area contributed by atoms with Gasteiger partial charge in [0.15, 0.2) is 0 Å². The van der Waals surface area contributed by atoms with Crippen LogP contribution in [0.25, 0.3) is 0 Å². The second kappa shape index (κ2) is 5.47. The first-order valence-electron chi connectivity index (χ1n) is 5.88. The molecule has 0 heterocycles. The van der Waals surface area contributed by atoms with Crippen molar-refractivity contribution < 1.29 is 0 Å². The summed E-state index contributed by atoms with van der Waals surface area (Å²) in [6.07, 6.45) is 10.9. The van der Waals surface area contributed by atoms with Crippen molar-refractivity contribution in [2.75, 3.05) is 0 Å². The largest absolute Gasteiger partial charge is 0.0887 e. The predicted molar refractivity (Wildman–Crippen MR) is 59.8 cm³/mol. The molecule has 0 atom stereocenters. The van der Waals surface area contributed by atoms with Crippen molar-refractivity contribution in [3.05, 3.63) is 11.6 Å². The summed E-state index contributed by atoms with van der Waals surface area (Å²) in [5, 5.41) is 0. The van der Waals surface area contributed by atoms with Gasteiger partial charge >= 0.3 is 0 Å². The van der Waals surface area contributed by atoms with Crippen molar-refractivity contribution in [1.29, 1.82) is 0 Å². The fraction of sp³-hybridized carbons (Fsp3) is 0.846. The van der Waals surface area contributed by atoms with E-state index >= 15 is 0 Å². The molecule has 1 saturated carbocycles. The van der Waals surface area contributed by atoms with E-state index in [1.54, 1.807) is 5.57 Å². The summed E-state index contributed by atoms with van der Waals surface area (Å²) in [6.45, 7) is 6.76. The number of allylic oxidation sites excluding steroid dienone is 2. The molecule has 0 N–H and O–H groups in total. The zero-order valence-corrected chi connectivity index (χ0v) is 9.47. The Morgan fingerprint density at radius 2 is 1.69 bits per heavy atom. The van der Waals surface area contributed by atoms with Gasteiger partial charge < -0.3 is 0 Å². The standard InChI is InChI=1S/C13H24/c1-4-11(3)10-13-8-6-12(5-2)7-9-13/h4,12-13H,5-10H2,1-3H3/b11-4+. The van der Waals surface area contributed by atoms with Crippen molar-refractivity contribution in [2.24, 2.45) is 11.8 Å². The Bertz CT molecular complexity index is 159. The smallest absolute Gasteiger partial charge is 0.0295 e. The molecular formula is C13H24. The molecule has 0 aromatic rings. The first kappa shape index (κ1) is 10.8. The minimum Gasteiger partial charge on any atom is -0.0887 e. The van der Waals surface area contributed by atoms with Crippen LogP contribution in [-0.2, 0) is 0 Å². The quantitative estimate of drug-likeness (QED) is 0.558. The Kier molecular flexibility index (Phi) is 4.55. The van der Waals surface area contributed by atoms with Crippen LogP contribution in [0, 0.1) is 11.8 Å². The lowest BCUT2D eigenvalue weighted by atomic mass is 9.78. The van der Waals surface area contributed by atoms with Gasteiger partial charge in [0.25, 0.3) is 0 Å². The van der Waals surface area contributed by atoms with Gasteiger partial charge in [0.1, 0.15) is 0 Å². The number of rotatable bonds is 3. The molecule has 1 rings (SSSR count). The Morgan fingerprint density at radius 3 is 2.15 bits per heavy atom. The average Bonchev–Trinajstić information content (AvgIpc) is 2.19. The Morgan fingerprint density at radius 1 is 1.15 bits per heavy atom. The molecule has 0 aromatic heterocycles. The van der Waals surface area contributed by atoms with Gasteiger partial charge in [-0.3, -0.25) is 0 Å². The normalized spacial score (nSPS) is 30.5. The van der Waals surface area contributed by atoms with Crippen LogP contribution in [0.1, 0.15) is 59.3 Å². The Labute approximate surface area is 83.4 Å². The lowest BCUT2D eigenvalue weighted by Gasteiger charge is -2.27. The Balaban J connectivity index is 2.25. The highest BCUT2D eigenvalue weighted by Gasteiger charge is 2.19. The summed E-state index contributed by atoms with van der Waals surface area (Å²) in [5.41, 5.74) is 1.58. The van der Waals surface area contributed by atoms with Crippen LogP contribution in [-0.4, -0.2) is 0 Å². The summed E-state index contributed by atoms with van der Waals surface area (Å²) in [6, 6.07) is 0. The molecule has 1 fully saturated rings. The summed E-state index contributed by atoms with van der Waals surface area (Å²) in [4.78, 5) is 0. The van der Waals surface area contributed by atoms with Gasteiger partial charge in [-0.05, 0) is 44.9 Å². The SMILES string of the molecule is C/C=C(\C)CC1CCC(CC)CC1. The van der Waals surface area contributed by atoms with E-state index in [-0.39, 0.29) is 0 Å². The lowest BCUT2D eigenvalue weighted by molar-refractivity contribution is 0.268. The first-order chi connectivity index (χ1) is 6.26. The van der Waals surface area contributed by atoms with Crippen LogP contribution in [0.15, 0.2) is 11.6 Å². The third-order valence-corrected chi connectivity index (χ3v) is 3.65. The van der Waals surface area contributed by atoms with Crippen LogP contribution in [0.4, 0.5) is 0 Å². The highest BCUT2D eigenvalue weighted by atomic mass is 14.2. The van der Waals surface area contributed by atoms with E-state index < -0.39 is 0 Å². The molecule has 0 aliphatic heterocycles. The van der Waals surface area contributed by atoms with Gasteiger partial charge in [-0.15, -0.1) is 0 Å². The van der Waals surface area contributed by atoms with E-state index in [0.717, 1.165) is 11.8 Å². The molecule has 0 heteroatoms. The maximum absolute atomic E-state index is 2.34. The fourth-order valence-corrected chi connectivity index (χ4v) is 2.42. The third kappa shape index (κ3) is 3.54. The van der Waals surface area contributed by atoms with E-state index in [1.807, 2.05) is 0 Å². The number of hydrogen-bond donors (Lipinski definition) is 0. The molecule has 0 unspecified atom stereocenters. The maximum atomic E-state index is 2.34. The molecule has 0 radical (unpaired) electrons. The molecular weight excluding hydrogens is 156 g/mol. The van der Waals surface area contributed by atoms with Crippen molar-refractivity contribution in [1.82, 2.24) is 0 Å². The molecule has 13 heavy (non-hydrogen) atoms. The van der Waals surface area contributed by atoms with Gasteiger partial charge in [-0.25, -0.2) is 0 Å². The minimum atomic E-state index is 0.999. The van der Waals surface area contributed by atoms with Crippen LogP contribution >= 0.6 is 0 Å². The van der Waals surface area contributed by atoms with E-state index in [2.05, 4.69) is 26.8 Å². The molecule has 0 amide bonds. The molecule has 1 aliphatic rings. The van der Waals surface area contributed by atoms with E-state index in [9.17, 15) is 0 Å². The van der Waals surface area contributed by atoms with Crippen molar-refractivity contribution in [2.45, 2.75) is 59.3 Å². The molecule has 76 valence electrons. The van der Waals surface area contributed by atoms with E-state index in [0.29, 0.717) is 0 Å². The third-order valence-electron chi connectivity index (χ3n) is 3.65. The highest BCUT2D eigenvalue weighted by Crippen LogP contribution is 2.33. The van der Waals surface area contributed by atoms with Crippen LogP contribution in [0.3, 0.4) is 0 Å². The molecule has 0 aromatic carbocycles. The average molecular weight is 180 g/mol. The van der Waals surface area contributed by atoms with Crippen molar-refractivity contribution in [3.63, 3.8) is 0 Å². The van der Waals surface area contributed by atoms with Crippen molar-refractivity contribution >= 4 is 0 Å². The lowest BCUT2D eigenvalue weighted by Crippen LogP contribution is -2.14. The predicted octanol–water partition coefficient (Wildman–Crippen LogP) is 4.56. The van der Waals surface area contributed by atoms with E-state index in [4.69, 9.17) is 0 Å². The summed E-state index contributed by atoms with van der Waals surface area (Å²) >= 11 is 0. The van der Waals surface area contributed by atoms with Crippen molar-refractivity contribution in [3.8, 4) is 0 Å². The summed E-state index contributed by atoms with van der Waals surface area (Å²) < 4.78 is 0. The first-order valence-corrected chi connectivity index (χ1v) is 5.88. The summed E-state index contributed by atoms with van der Waals surface area (Å²) in [5.74, 6) is 2.04. The van der Waals surface area contributed by atoms with Gasteiger partial charge in [0.05, 0.1) is 0 Å².